The molecule has 0 fully saturated rings. The number of nitrogens with one attached hydrogen (secondary N) is 1. The molecule has 1 amide bonds. The molecule has 0 aliphatic heterocycles. The molecular formula is C12H18N2O2S. The highest BCUT2D eigenvalue weighted by Gasteiger charge is 2.24. The molecule has 1 unspecified atom stereocenters. The molecule has 1 aromatic rings. The van der Waals surface area contributed by atoms with E-state index in [1.54, 1.807) is 6.26 Å². The monoisotopic (exact) mass is 254 g/mol. The fourth-order valence-electron chi connectivity index (χ4n) is 1.63. The van der Waals surface area contributed by atoms with E-state index >= 15 is 0 Å². The Bertz CT molecular complexity index is 374. The van der Waals surface area contributed by atoms with Crippen molar-refractivity contribution < 1.29 is 9.21 Å². The van der Waals surface area contributed by atoms with Crippen LogP contribution < -0.4 is 11.1 Å². The molecule has 0 saturated carbocycles. The van der Waals surface area contributed by atoms with Crippen molar-refractivity contribution in [3.8, 4) is 0 Å². The van der Waals surface area contributed by atoms with Gasteiger partial charge >= 0.3 is 0 Å². The third-order valence-electron chi connectivity index (χ3n) is 2.51. The Kier molecular flexibility index (Phi) is 5.15. The lowest BCUT2D eigenvalue weighted by Crippen LogP contribution is -2.41. The van der Waals surface area contributed by atoms with E-state index in [1.165, 1.54) is 0 Å². The first kappa shape index (κ1) is 13.7. The van der Waals surface area contributed by atoms with E-state index in [4.69, 9.17) is 22.4 Å². The number of amides is 1. The second kappa shape index (κ2) is 6.39. The molecule has 17 heavy (non-hydrogen) atoms. The van der Waals surface area contributed by atoms with Gasteiger partial charge < -0.3 is 15.5 Å². The first-order valence-corrected chi connectivity index (χ1v) is 6.02. The van der Waals surface area contributed by atoms with Crippen molar-refractivity contribution >= 4 is 23.1 Å². The van der Waals surface area contributed by atoms with Gasteiger partial charge in [-0.2, -0.15) is 0 Å². The lowest BCUT2D eigenvalue weighted by Gasteiger charge is -2.18. The van der Waals surface area contributed by atoms with Gasteiger partial charge in [0.2, 0.25) is 5.91 Å². The SMILES string of the molecule is CC(C)C(C(=O)NCCc1ccco1)C(N)=S. The van der Waals surface area contributed by atoms with Gasteiger partial charge in [-0.15, -0.1) is 0 Å². The van der Waals surface area contributed by atoms with E-state index in [-0.39, 0.29) is 16.8 Å². The zero-order valence-electron chi connectivity index (χ0n) is 10.1. The van der Waals surface area contributed by atoms with E-state index in [9.17, 15) is 4.79 Å². The predicted octanol–water partition coefficient (Wildman–Crippen LogP) is 1.50. The summed E-state index contributed by atoms with van der Waals surface area (Å²) in [6, 6.07) is 3.70. The van der Waals surface area contributed by atoms with Gasteiger partial charge in [-0.3, -0.25) is 4.79 Å². The van der Waals surface area contributed by atoms with Crippen molar-refractivity contribution in [2.75, 3.05) is 6.54 Å². The number of hydrogen-bond donors (Lipinski definition) is 2. The molecule has 94 valence electrons. The third-order valence-corrected chi connectivity index (χ3v) is 2.76. The summed E-state index contributed by atoms with van der Waals surface area (Å²) >= 11 is 4.90. The molecule has 1 atom stereocenters. The van der Waals surface area contributed by atoms with Gasteiger partial charge in [0, 0.05) is 13.0 Å². The second-order valence-corrected chi connectivity index (χ2v) is 4.72. The Labute approximate surface area is 107 Å². The molecule has 1 heterocycles. The van der Waals surface area contributed by atoms with Crippen molar-refractivity contribution in [1.82, 2.24) is 5.32 Å². The average Bonchev–Trinajstić information content (AvgIpc) is 2.69. The van der Waals surface area contributed by atoms with Gasteiger partial charge in [-0.05, 0) is 18.1 Å². The summed E-state index contributed by atoms with van der Waals surface area (Å²) in [5.41, 5.74) is 5.56. The summed E-state index contributed by atoms with van der Waals surface area (Å²) in [5.74, 6) is 0.443. The van der Waals surface area contributed by atoms with Crippen LogP contribution >= 0.6 is 12.2 Å². The van der Waals surface area contributed by atoms with Crippen molar-refractivity contribution in [2.24, 2.45) is 17.6 Å². The maximum absolute atomic E-state index is 11.8. The second-order valence-electron chi connectivity index (χ2n) is 4.24. The molecule has 0 aliphatic carbocycles. The number of hydrogen-bond acceptors (Lipinski definition) is 3. The zero-order valence-corrected chi connectivity index (χ0v) is 10.9. The van der Waals surface area contributed by atoms with Gasteiger partial charge in [-0.1, -0.05) is 26.1 Å². The smallest absolute Gasteiger partial charge is 0.230 e. The van der Waals surface area contributed by atoms with Crippen molar-refractivity contribution in [3.05, 3.63) is 24.2 Å². The van der Waals surface area contributed by atoms with Gasteiger partial charge in [-0.25, -0.2) is 0 Å². The molecule has 0 saturated heterocycles. The Morgan fingerprint density at radius 1 is 1.59 bits per heavy atom. The van der Waals surface area contributed by atoms with Crippen LogP contribution in [0.1, 0.15) is 19.6 Å². The summed E-state index contributed by atoms with van der Waals surface area (Å²) in [6.07, 6.45) is 2.28. The molecule has 1 aromatic heterocycles. The lowest BCUT2D eigenvalue weighted by molar-refractivity contribution is -0.123. The number of thiocarbonyl (C=S) groups is 1. The fourth-order valence-corrected chi connectivity index (χ4v) is 2.01. The Balaban J connectivity index is 2.40. The highest BCUT2D eigenvalue weighted by atomic mass is 32.1. The van der Waals surface area contributed by atoms with E-state index in [1.807, 2.05) is 26.0 Å². The summed E-state index contributed by atoms with van der Waals surface area (Å²) in [5, 5.41) is 2.82. The molecular weight excluding hydrogens is 236 g/mol. The van der Waals surface area contributed by atoms with Crippen LogP contribution in [0.25, 0.3) is 0 Å². The molecule has 0 bridgehead atoms. The number of rotatable bonds is 6. The van der Waals surface area contributed by atoms with Crippen molar-refractivity contribution in [2.45, 2.75) is 20.3 Å². The van der Waals surface area contributed by atoms with Crippen LogP contribution in [-0.2, 0) is 11.2 Å². The number of carbonyl (C=O) groups is 1. The summed E-state index contributed by atoms with van der Waals surface area (Å²) < 4.78 is 5.17. The third kappa shape index (κ3) is 4.19. The standard InChI is InChI=1S/C12H18N2O2S/c1-8(2)10(11(13)17)12(15)14-6-5-9-4-3-7-16-9/h3-4,7-8,10H,5-6H2,1-2H3,(H2,13,17)(H,14,15). The van der Waals surface area contributed by atoms with Gasteiger partial charge in [0.1, 0.15) is 5.76 Å². The van der Waals surface area contributed by atoms with Crippen molar-refractivity contribution in [1.29, 1.82) is 0 Å². The minimum absolute atomic E-state index is 0.108. The zero-order chi connectivity index (χ0) is 12.8. The number of furan rings is 1. The topological polar surface area (TPSA) is 68.3 Å². The summed E-state index contributed by atoms with van der Waals surface area (Å²) in [6.45, 7) is 4.38. The molecule has 0 radical (unpaired) electrons. The molecule has 5 heteroatoms. The number of nitrogens with two attached hydrogens (primary N) is 1. The van der Waals surface area contributed by atoms with Crippen LogP contribution in [-0.4, -0.2) is 17.4 Å². The minimum Gasteiger partial charge on any atom is -0.469 e. The van der Waals surface area contributed by atoms with Crippen LogP contribution in [0, 0.1) is 11.8 Å². The highest BCUT2D eigenvalue weighted by Crippen LogP contribution is 2.11. The van der Waals surface area contributed by atoms with Crippen LogP contribution in [0.4, 0.5) is 0 Å². The molecule has 0 aromatic carbocycles. The minimum atomic E-state index is -0.401. The van der Waals surface area contributed by atoms with Crippen LogP contribution in [0.5, 0.6) is 0 Å². The molecule has 0 aliphatic rings. The van der Waals surface area contributed by atoms with E-state index < -0.39 is 5.92 Å². The highest BCUT2D eigenvalue weighted by molar-refractivity contribution is 7.80. The summed E-state index contributed by atoms with van der Waals surface area (Å²) in [7, 11) is 0. The van der Waals surface area contributed by atoms with E-state index in [0.717, 1.165) is 5.76 Å². The maximum Gasteiger partial charge on any atom is 0.230 e. The Hall–Kier alpha value is -1.36. The quantitative estimate of drug-likeness (QED) is 0.755. The van der Waals surface area contributed by atoms with Gasteiger partial charge in [0.05, 0.1) is 17.2 Å². The first-order valence-electron chi connectivity index (χ1n) is 5.61. The molecule has 0 spiro atoms. The predicted molar refractivity (Wildman–Crippen MR) is 70.5 cm³/mol. The summed E-state index contributed by atoms with van der Waals surface area (Å²) in [4.78, 5) is 12.1. The molecule has 4 nitrogen and oxygen atoms in total. The van der Waals surface area contributed by atoms with Crippen molar-refractivity contribution in [3.63, 3.8) is 0 Å². The Morgan fingerprint density at radius 2 is 2.29 bits per heavy atom. The van der Waals surface area contributed by atoms with Crippen LogP contribution in [0.3, 0.4) is 0 Å². The maximum atomic E-state index is 11.8. The largest absolute Gasteiger partial charge is 0.469 e. The molecule has 1 rings (SSSR count). The average molecular weight is 254 g/mol. The van der Waals surface area contributed by atoms with Gasteiger partial charge in [0.15, 0.2) is 0 Å². The van der Waals surface area contributed by atoms with Crippen LogP contribution in [0.15, 0.2) is 22.8 Å². The Morgan fingerprint density at radius 3 is 2.76 bits per heavy atom. The van der Waals surface area contributed by atoms with Gasteiger partial charge in [0.25, 0.3) is 0 Å². The fraction of sp³-hybridized carbons (Fsp3) is 0.500. The normalized spacial score (nSPS) is 12.4. The first-order chi connectivity index (χ1) is 8.02. The van der Waals surface area contributed by atoms with Crippen LogP contribution in [0.2, 0.25) is 0 Å². The number of carbonyl (C=O) groups excluding carboxylic acids is 1. The van der Waals surface area contributed by atoms with E-state index in [2.05, 4.69) is 5.32 Å². The molecule has 3 N–H and O–H groups in total. The van der Waals surface area contributed by atoms with E-state index in [0.29, 0.717) is 13.0 Å². The lowest BCUT2D eigenvalue weighted by atomic mass is 9.95.